The van der Waals surface area contributed by atoms with E-state index in [1.54, 1.807) is 0 Å². The molecule has 0 fully saturated rings. The van der Waals surface area contributed by atoms with Gasteiger partial charge in [-0.2, -0.15) is 5.26 Å². The first-order valence-corrected chi connectivity index (χ1v) is 34.7. The quantitative estimate of drug-likeness (QED) is 0.0900. The molecule has 0 aliphatic heterocycles. The Morgan fingerprint density at radius 1 is 0.194 bits per heavy atom. The van der Waals surface area contributed by atoms with Gasteiger partial charge in [-0.25, -0.2) is 0 Å². The van der Waals surface area contributed by atoms with Crippen LogP contribution in [0.1, 0.15) is 5.56 Å². The molecule has 16 aromatic rings. The molecule has 0 atom stereocenters. The zero-order valence-corrected chi connectivity index (χ0v) is 57.9. The summed E-state index contributed by atoms with van der Waals surface area (Å²) in [6.07, 6.45) is 0. The van der Waals surface area contributed by atoms with Crippen LogP contribution in [0.4, 0.5) is 85.3 Å². The lowest BCUT2D eigenvalue weighted by Crippen LogP contribution is -2.12. The first kappa shape index (κ1) is 66.6. The van der Waals surface area contributed by atoms with Gasteiger partial charge in [0.2, 0.25) is 0 Å². The highest BCUT2D eigenvalue weighted by molar-refractivity contribution is 5.96. The summed E-state index contributed by atoms with van der Waals surface area (Å²) >= 11 is 0. The molecule has 0 spiro atoms. The topological polar surface area (TPSA) is 43.2 Å². The van der Waals surface area contributed by atoms with Crippen LogP contribution >= 0.6 is 0 Å². The van der Waals surface area contributed by atoms with Crippen LogP contribution in [0.3, 0.4) is 0 Å². The van der Waals surface area contributed by atoms with Crippen molar-refractivity contribution < 1.29 is 0 Å². The van der Waals surface area contributed by atoms with Crippen LogP contribution in [-0.4, -0.2) is 21.1 Å². The third-order valence-corrected chi connectivity index (χ3v) is 18.6. The molecule has 0 unspecified atom stereocenters. The number of hydrogen-bond acceptors (Lipinski definition) is 7. The van der Waals surface area contributed by atoms with Crippen LogP contribution in [0.2, 0.25) is 0 Å². The van der Waals surface area contributed by atoms with Crippen molar-refractivity contribution in [1.29, 1.82) is 5.26 Å². The Balaban J connectivity index is 0.000000131. The number of rotatable bonds is 17. The van der Waals surface area contributed by atoms with Gasteiger partial charge in [-0.05, 0) is 220 Å². The molecule has 7 nitrogen and oxygen atoms in total. The smallest absolute Gasteiger partial charge is 0.0992 e. The van der Waals surface area contributed by atoms with E-state index in [9.17, 15) is 5.26 Å². The van der Waals surface area contributed by atoms with Gasteiger partial charge in [0.25, 0.3) is 0 Å². The van der Waals surface area contributed by atoms with Crippen molar-refractivity contribution in [3.8, 4) is 28.3 Å². The molecule has 0 amide bonds. The van der Waals surface area contributed by atoms with E-state index in [4.69, 9.17) is 0 Å². The molecule has 0 radical (unpaired) electrons. The van der Waals surface area contributed by atoms with Crippen molar-refractivity contribution in [2.75, 3.05) is 50.5 Å². The molecular weight excluding hydrogens is 1250 g/mol. The molecule has 496 valence electrons. The highest BCUT2D eigenvalue weighted by Crippen LogP contribution is 2.42. The maximum atomic E-state index is 9.22. The minimum Gasteiger partial charge on any atom is -0.345 e. The number of anilines is 15. The van der Waals surface area contributed by atoms with Gasteiger partial charge in [0.05, 0.1) is 11.6 Å². The number of nitriles is 1. The SMILES string of the molecule is CN(c1ccc(N(c2ccccc2)c2ccc(-c3ccccc3)cc2)cc1)c1cccc2ccccc12.CN(c1ccc(N(c2ccccc2)c2ccc3ccccc3c2)cc1)c1cccc(C#N)c1.CN(c1ccccc1)c1ccc(N(c2ccccc2)c2ccc(-c3ccccc3)cc2)cc1. The fourth-order valence-electron chi connectivity index (χ4n) is 13.1. The van der Waals surface area contributed by atoms with Gasteiger partial charge in [0.15, 0.2) is 0 Å². The number of nitrogens with zero attached hydrogens (tertiary/aromatic N) is 7. The summed E-state index contributed by atoms with van der Waals surface area (Å²) < 4.78 is 0. The highest BCUT2D eigenvalue weighted by atomic mass is 15.2. The molecule has 0 aliphatic carbocycles. The van der Waals surface area contributed by atoms with E-state index >= 15 is 0 Å². The van der Waals surface area contributed by atoms with E-state index in [0.29, 0.717) is 5.56 Å². The molecule has 0 aromatic heterocycles. The number of fused-ring (bicyclic) bond motifs is 2. The second-order valence-electron chi connectivity index (χ2n) is 25.1. The average Bonchev–Trinajstić information content (AvgIpc) is 0.797. The third-order valence-electron chi connectivity index (χ3n) is 18.6. The maximum absolute atomic E-state index is 9.22. The van der Waals surface area contributed by atoms with Crippen molar-refractivity contribution in [2.24, 2.45) is 0 Å². The lowest BCUT2D eigenvalue weighted by Gasteiger charge is -2.27. The molecule has 16 rings (SSSR count). The Morgan fingerprint density at radius 3 is 0.922 bits per heavy atom. The van der Waals surface area contributed by atoms with Gasteiger partial charge in [-0.1, -0.05) is 231 Å². The zero-order chi connectivity index (χ0) is 70.1. The van der Waals surface area contributed by atoms with Crippen molar-refractivity contribution >= 4 is 107 Å². The number of para-hydroxylation sites is 4. The van der Waals surface area contributed by atoms with E-state index in [0.717, 1.165) is 73.9 Å². The Bertz CT molecular complexity index is 5400. The summed E-state index contributed by atoms with van der Waals surface area (Å²) in [5.41, 5.74) is 22.3. The molecule has 0 saturated carbocycles. The molecule has 16 aromatic carbocycles. The van der Waals surface area contributed by atoms with Crippen molar-refractivity contribution in [3.05, 3.63) is 418 Å². The summed E-state index contributed by atoms with van der Waals surface area (Å²) in [6.45, 7) is 0. The second kappa shape index (κ2) is 31.9. The Morgan fingerprint density at radius 2 is 0.476 bits per heavy atom. The molecule has 103 heavy (non-hydrogen) atoms. The van der Waals surface area contributed by atoms with Crippen LogP contribution in [-0.2, 0) is 0 Å². The molecule has 0 aliphatic rings. The van der Waals surface area contributed by atoms with E-state index in [-0.39, 0.29) is 0 Å². The highest BCUT2D eigenvalue weighted by Gasteiger charge is 2.18. The molecular formula is C96H77N7. The normalized spacial score (nSPS) is 10.7. The Labute approximate surface area is 605 Å². The van der Waals surface area contributed by atoms with Crippen LogP contribution in [0.25, 0.3) is 43.8 Å². The Hall–Kier alpha value is -13.7. The van der Waals surface area contributed by atoms with Gasteiger partial charge in [-0.3, -0.25) is 0 Å². The van der Waals surface area contributed by atoms with Crippen LogP contribution in [0, 0.1) is 11.3 Å². The van der Waals surface area contributed by atoms with E-state index < -0.39 is 0 Å². The van der Waals surface area contributed by atoms with Gasteiger partial charge < -0.3 is 29.4 Å². The van der Waals surface area contributed by atoms with Crippen LogP contribution < -0.4 is 29.4 Å². The van der Waals surface area contributed by atoms with E-state index in [2.05, 4.69) is 420 Å². The zero-order valence-electron chi connectivity index (χ0n) is 57.9. The van der Waals surface area contributed by atoms with Gasteiger partial charge in [0.1, 0.15) is 0 Å². The standard InChI is InChI=1S/C35H28N2.C31H26N2.C30H23N3/c1-36(35-18-10-14-29-13-8-9-17-34(29)35)30-23-25-33(26-24-30)37(31-15-6-3-7-16-31)32-21-19-28(20-22-32)27-11-4-2-5-12-27;1-32(27-13-7-3-8-14-27)28-21-23-31(24-22-28)33(29-15-9-4-10-16-29)30-19-17-26(18-20-30)25-11-5-2-6-12-25;1-32(29-13-7-8-23(20-29)22-31)26-16-18-28(19-17-26)33(27-11-3-2-4-12-27)30-15-14-24-9-5-6-10-25(24)21-30/h2-26H,1H3;2-24H,1H3;2-21H,1H3. The summed E-state index contributed by atoms with van der Waals surface area (Å²) in [7, 11) is 6.25. The van der Waals surface area contributed by atoms with Crippen LogP contribution in [0.5, 0.6) is 0 Å². The lowest BCUT2D eigenvalue weighted by molar-refractivity contribution is 1.20. The van der Waals surface area contributed by atoms with Gasteiger partial charge in [0, 0.05) is 112 Å². The van der Waals surface area contributed by atoms with Crippen molar-refractivity contribution in [1.82, 2.24) is 0 Å². The number of benzene rings is 16. The summed E-state index contributed by atoms with van der Waals surface area (Å²) in [4.78, 5) is 13.4. The fourth-order valence-corrected chi connectivity index (χ4v) is 13.1. The second-order valence-corrected chi connectivity index (χ2v) is 25.1. The monoisotopic (exact) mass is 1330 g/mol. The lowest BCUT2D eigenvalue weighted by atomic mass is 10.0. The molecule has 0 N–H and O–H groups in total. The molecule has 0 saturated heterocycles. The van der Waals surface area contributed by atoms with Crippen LogP contribution in [0.15, 0.2) is 413 Å². The minimum absolute atomic E-state index is 0.655. The minimum atomic E-state index is 0.655. The first-order valence-electron chi connectivity index (χ1n) is 34.7. The molecule has 0 heterocycles. The molecule has 7 heteroatoms. The van der Waals surface area contributed by atoms with E-state index in [1.165, 1.54) is 55.2 Å². The molecule has 0 bridgehead atoms. The largest absolute Gasteiger partial charge is 0.345 e. The summed E-state index contributed by atoms with van der Waals surface area (Å²) in [6, 6.07) is 146. The first-order chi connectivity index (χ1) is 50.8. The average molecular weight is 1330 g/mol. The fraction of sp³-hybridized carbons (Fsp3) is 0.0312. The third kappa shape index (κ3) is 15.6. The predicted molar refractivity (Wildman–Crippen MR) is 437 cm³/mol. The van der Waals surface area contributed by atoms with Gasteiger partial charge >= 0.3 is 0 Å². The summed E-state index contributed by atoms with van der Waals surface area (Å²) in [5, 5.41) is 14.2. The Kier molecular flexibility index (Phi) is 20.6. The van der Waals surface area contributed by atoms with Gasteiger partial charge in [-0.15, -0.1) is 0 Å². The number of hydrogen-bond donors (Lipinski definition) is 0. The van der Waals surface area contributed by atoms with E-state index in [1.807, 2.05) is 49.5 Å². The summed E-state index contributed by atoms with van der Waals surface area (Å²) in [5.74, 6) is 0. The maximum Gasteiger partial charge on any atom is 0.0992 e. The van der Waals surface area contributed by atoms with Crippen molar-refractivity contribution in [2.45, 2.75) is 0 Å². The van der Waals surface area contributed by atoms with Crippen molar-refractivity contribution in [3.63, 3.8) is 0 Å². The predicted octanol–water partition coefficient (Wildman–Crippen LogP) is 26.3.